The van der Waals surface area contributed by atoms with Gasteiger partial charge in [-0.1, -0.05) is 13.8 Å². The second-order valence-corrected chi connectivity index (χ2v) is 4.28. The van der Waals surface area contributed by atoms with Gasteiger partial charge in [0.1, 0.15) is 5.41 Å². The lowest BCUT2D eigenvalue weighted by molar-refractivity contribution is -0.128. The largest absolute Gasteiger partial charge is 0.353 e. The van der Waals surface area contributed by atoms with Crippen LogP contribution in [0.5, 0.6) is 0 Å². The van der Waals surface area contributed by atoms with Gasteiger partial charge in [0.2, 0.25) is 5.91 Å². The average Bonchev–Trinajstić information content (AvgIpc) is 2.37. The van der Waals surface area contributed by atoms with E-state index in [0.29, 0.717) is 25.9 Å². The third kappa shape index (κ3) is 4.24. The van der Waals surface area contributed by atoms with Gasteiger partial charge in [0.15, 0.2) is 0 Å². The summed E-state index contributed by atoms with van der Waals surface area (Å²) in [5.74, 6) is -0.269. The first-order chi connectivity index (χ1) is 8.43. The third-order valence-corrected chi connectivity index (χ3v) is 2.95. The second-order valence-electron chi connectivity index (χ2n) is 4.28. The fraction of sp³-hybridized carbons (Fsp3) is 0.750. The van der Waals surface area contributed by atoms with Crippen LogP contribution in [0.15, 0.2) is 0 Å². The zero-order valence-electron chi connectivity index (χ0n) is 11.5. The maximum absolute atomic E-state index is 11.9. The van der Waals surface area contributed by atoms with Crippen LogP contribution in [0.25, 0.3) is 0 Å². The monoisotopic (exact) mass is 254 g/mol. The van der Waals surface area contributed by atoms with Crippen molar-refractivity contribution in [1.29, 1.82) is 5.26 Å². The number of carbonyl (C=O) groups is 2. The lowest BCUT2D eigenvalue weighted by Crippen LogP contribution is -2.44. The van der Waals surface area contributed by atoms with Gasteiger partial charge in [0.05, 0.1) is 6.07 Å². The summed E-state index contributed by atoms with van der Waals surface area (Å²) in [5, 5.41) is 14.4. The molecule has 0 aromatic heterocycles. The molecule has 0 aromatic rings. The summed E-state index contributed by atoms with van der Waals surface area (Å²) in [5.41, 5.74) is -0.953. The lowest BCUT2D eigenvalue weighted by atomic mass is 9.83. The highest BCUT2D eigenvalue weighted by Crippen LogP contribution is 2.25. The summed E-state index contributed by atoms with van der Waals surface area (Å²) >= 11 is 0. The van der Waals surface area contributed by atoms with Crippen LogP contribution in [0, 0.1) is 16.7 Å². The smallest absolute Gasteiger partial charge is 0.316 e. The van der Waals surface area contributed by atoms with Crippen LogP contribution >= 0.6 is 0 Å². The standard InChI is InChI=1S/C12H22N4O2/c1-5-12(6-2,9-13)10(17)14-7-8-15-11(18)16(3)4/h5-8H2,1-4H3,(H,14,17)(H,15,18). The Morgan fingerprint density at radius 2 is 1.67 bits per heavy atom. The number of nitriles is 1. The molecule has 0 spiro atoms. The van der Waals surface area contributed by atoms with Crippen molar-refractivity contribution in [3.05, 3.63) is 0 Å². The quantitative estimate of drug-likeness (QED) is 0.684. The molecule has 0 atom stereocenters. The van der Waals surface area contributed by atoms with Gasteiger partial charge in [-0.05, 0) is 12.8 Å². The minimum absolute atomic E-state index is 0.207. The minimum Gasteiger partial charge on any atom is -0.353 e. The topological polar surface area (TPSA) is 85.2 Å². The summed E-state index contributed by atoms with van der Waals surface area (Å²) < 4.78 is 0. The highest BCUT2D eigenvalue weighted by molar-refractivity contribution is 5.85. The van der Waals surface area contributed by atoms with Crippen molar-refractivity contribution < 1.29 is 9.59 Å². The van der Waals surface area contributed by atoms with Crippen molar-refractivity contribution in [3.8, 4) is 6.07 Å². The van der Waals surface area contributed by atoms with Crippen molar-refractivity contribution >= 4 is 11.9 Å². The van der Waals surface area contributed by atoms with E-state index in [9.17, 15) is 9.59 Å². The molecular weight excluding hydrogens is 232 g/mol. The molecule has 6 nitrogen and oxygen atoms in total. The van der Waals surface area contributed by atoms with E-state index in [4.69, 9.17) is 5.26 Å². The highest BCUT2D eigenvalue weighted by atomic mass is 16.2. The molecule has 3 amide bonds. The van der Waals surface area contributed by atoms with Gasteiger partial charge < -0.3 is 15.5 Å². The first kappa shape index (κ1) is 16.2. The molecule has 0 aliphatic carbocycles. The van der Waals surface area contributed by atoms with Crippen LogP contribution in [0.1, 0.15) is 26.7 Å². The molecule has 0 radical (unpaired) electrons. The summed E-state index contributed by atoms with van der Waals surface area (Å²) in [4.78, 5) is 24.5. The van der Waals surface area contributed by atoms with Gasteiger partial charge in [0.25, 0.3) is 0 Å². The predicted molar refractivity (Wildman–Crippen MR) is 68.7 cm³/mol. The number of carbonyl (C=O) groups excluding carboxylic acids is 2. The molecule has 102 valence electrons. The Balaban J connectivity index is 4.12. The van der Waals surface area contributed by atoms with Gasteiger partial charge in [0, 0.05) is 27.2 Å². The molecule has 6 heteroatoms. The van der Waals surface area contributed by atoms with Crippen LogP contribution in [0.3, 0.4) is 0 Å². The Labute approximate surface area is 108 Å². The molecule has 0 fully saturated rings. The molecule has 0 aliphatic rings. The van der Waals surface area contributed by atoms with Crippen molar-refractivity contribution in [1.82, 2.24) is 15.5 Å². The van der Waals surface area contributed by atoms with E-state index >= 15 is 0 Å². The van der Waals surface area contributed by atoms with Crippen LogP contribution in [-0.2, 0) is 4.79 Å². The fourth-order valence-electron chi connectivity index (χ4n) is 1.45. The van der Waals surface area contributed by atoms with Gasteiger partial charge in [-0.2, -0.15) is 5.26 Å². The number of nitrogens with zero attached hydrogens (tertiary/aromatic N) is 2. The highest BCUT2D eigenvalue weighted by Gasteiger charge is 2.34. The molecule has 0 bridgehead atoms. The predicted octanol–water partition coefficient (Wildman–Crippen LogP) is 0.704. The SMILES string of the molecule is CCC(C#N)(CC)C(=O)NCCNC(=O)N(C)C. The van der Waals surface area contributed by atoms with E-state index in [2.05, 4.69) is 16.7 Å². The zero-order valence-corrected chi connectivity index (χ0v) is 11.5. The first-order valence-corrected chi connectivity index (χ1v) is 6.08. The van der Waals surface area contributed by atoms with Gasteiger partial charge in [-0.15, -0.1) is 0 Å². The lowest BCUT2D eigenvalue weighted by Gasteiger charge is -2.22. The van der Waals surface area contributed by atoms with E-state index in [1.807, 2.05) is 13.8 Å². The first-order valence-electron chi connectivity index (χ1n) is 6.08. The molecular formula is C12H22N4O2. The van der Waals surface area contributed by atoms with E-state index in [1.165, 1.54) is 4.90 Å². The summed E-state index contributed by atoms with van der Waals surface area (Å²) in [7, 11) is 3.28. The van der Waals surface area contributed by atoms with Crippen molar-refractivity contribution in [3.63, 3.8) is 0 Å². The van der Waals surface area contributed by atoms with Crippen LogP contribution in [-0.4, -0.2) is 44.0 Å². The molecule has 0 aliphatic heterocycles. The van der Waals surface area contributed by atoms with E-state index in [1.54, 1.807) is 14.1 Å². The Kier molecular flexibility index (Phi) is 6.79. The number of hydrogen-bond acceptors (Lipinski definition) is 3. The minimum atomic E-state index is -0.953. The number of hydrogen-bond donors (Lipinski definition) is 2. The molecule has 0 aromatic carbocycles. The Morgan fingerprint density at radius 1 is 1.17 bits per heavy atom. The van der Waals surface area contributed by atoms with Gasteiger partial charge in [-0.3, -0.25) is 4.79 Å². The molecule has 0 saturated carbocycles. The Hall–Kier alpha value is -1.77. The molecule has 0 unspecified atom stereocenters. The normalized spacial score (nSPS) is 10.4. The number of rotatable bonds is 6. The number of nitrogens with one attached hydrogen (secondary N) is 2. The summed E-state index contributed by atoms with van der Waals surface area (Å²) in [6.45, 7) is 4.31. The molecule has 0 rings (SSSR count). The van der Waals surface area contributed by atoms with Crippen molar-refractivity contribution in [2.24, 2.45) is 5.41 Å². The summed E-state index contributed by atoms with van der Waals surface area (Å²) in [6, 6.07) is 1.87. The number of amides is 3. The van der Waals surface area contributed by atoms with Crippen LogP contribution in [0.2, 0.25) is 0 Å². The summed E-state index contributed by atoms with van der Waals surface area (Å²) in [6.07, 6.45) is 0.964. The van der Waals surface area contributed by atoms with Crippen LogP contribution in [0.4, 0.5) is 4.79 Å². The van der Waals surface area contributed by atoms with Crippen LogP contribution < -0.4 is 10.6 Å². The Bertz CT molecular complexity index is 329. The van der Waals surface area contributed by atoms with E-state index in [-0.39, 0.29) is 11.9 Å². The van der Waals surface area contributed by atoms with Gasteiger partial charge >= 0.3 is 6.03 Å². The maximum Gasteiger partial charge on any atom is 0.316 e. The van der Waals surface area contributed by atoms with E-state index < -0.39 is 5.41 Å². The molecule has 18 heavy (non-hydrogen) atoms. The maximum atomic E-state index is 11.9. The second kappa shape index (κ2) is 7.54. The fourth-order valence-corrected chi connectivity index (χ4v) is 1.45. The third-order valence-electron chi connectivity index (χ3n) is 2.95. The van der Waals surface area contributed by atoms with Crippen molar-refractivity contribution in [2.75, 3.05) is 27.2 Å². The molecule has 0 heterocycles. The zero-order chi connectivity index (χ0) is 14.2. The molecule has 2 N–H and O–H groups in total. The van der Waals surface area contributed by atoms with Gasteiger partial charge in [-0.25, -0.2) is 4.79 Å². The van der Waals surface area contributed by atoms with E-state index in [0.717, 1.165) is 0 Å². The average molecular weight is 254 g/mol. The number of urea groups is 1. The molecule has 0 saturated heterocycles. The Morgan fingerprint density at radius 3 is 2.06 bits per heavy atom. The van der Waals surface area contributed by atoms with Crippen molar-refractivity contribution in [2.45, 2.75) is 26.7 Å².